The highest BCUT2D eigenvalue weighted by Crippen LogP contribution is 2.32. The topological polar surface area (TPSA) is 36.4 Å². The van der Waals surface area contributed by atoms with Crippen LogP contribution in [0.4, 0.5) is 5.69 Å². The average Bonchev–Trinajstić information content (AvgIpc) is 2.76. The Kier molecular flexibility index (Phi) is 3.55. The first-order chi connectivity index (χ1) is 8.49. The van der Waals surface area contributed by atoms with Crippen molar-refractivity contribution in [2.75, 3.05) is 25.5 Å². The van der Waals surface area contributed by atoms with Crippen LogP contribution in [0.5, 0.6) is 0 Å². The summed E-state index contributed by atoms with van der Waals surface area (Å²) in [6.45, 7) is 4.50. The number of carbonyl (C=O) groups is 1. The van der Waals surface area contributed by atoms with Gasteiger partial charge in [0.05, 0.1) is 11.7 Å². The van der Waals surface area contributed by atoms with Gasteiger partial charge in [-0.3, -0.25) is 9.78 Å². The molecule has 0 spiro atoms. The van der Waals surface area contributed by atoms with Gasteiger partial charge in [0.1, 0.15) is 0 Å². The lowest BCUT2D eigenvalue weighted by Crippen LogP contribution is -2.28. The Hall–Kier alpha value is -1.58. The fourth-order valence-corrected chi connectivity index (χ4v) is 2.56. The lowest BCUT2D eigenvalue weighted by atomic mass is 10.1. The highest BCUT2D eigenvalue weighted by molar-refractivity contribution is 5.74. The maximum atomic E-state index is 11.6. The van der Waals surface area contributed by atoms with Gasteiger partial charge in [-0.05, 0) is 31.9 Å². The summed E-state index contributed by atoms with van der Waals surface area (Å²) < 4.78 is 0. The number of anilines is 1. The molecule has 0 saturated carbocycles. The molecular formula is C14H21N3O. The molecule has 1 fully saturated rings. The minimum atomic E-state index is 0.146. The van der Waals surface area contributed by atoms with Gasteiger partial charge in [0.15, 0.2) is 0 Å². The Labute approximate surface area is 109 Å². The van der Waals surface area contributed by atoms with E-state index >= 15 is 0 Å². The van der Waals surface area contributed by atoms with Gasteiger partial charge in [0.25, 0.3) is 0 Å². The number of rotatable bonds is 2. The van der Waals surface area contributed by atoms with E-state index < -0.39 is 0 Å². The van der Waals surface area contributed by atoms with E-state index in [9.17, 15) is 4.79 Å². The van der Waals surface area contributed by atoms with Crippen LogP contribution < -0.4 is 4.90 Å². The summed E-state index contributed by atoms with van der Waals surface area (Å²) in [6, 6.07) is 4.32. The molecular weight excluding hydrogens is 226 g/mol. The number of carbonyl (C=O) groups excluding carboxylic acids is 1. The lowest BCUT2D eigenvalue weighted by Gasteiger charge is -2.24. The third kappa shape index (κ3) is 2.47. The number of likely N-dealkylation sites (tertiary alicyclic amines) is 1. The quantitative estimate of drug-likeness (QED) is 0.803. The Morgan fingerprint density at radius 1 is 1.44 bits per heavy atom. The first-order valence-electron chi connectivity index (χ1n) is 6.42. The monoisotopic (exact) mass is 247 g/mol. The second kappa shape index (κ2) is 4.96. The molecule has 1 atom stereocenters. The summed E-state index contributed by atoms with van der Waals surface area (Å²) in [4.78, 5) is 20.2. The van der Waals surface area contributed by atoms with Gasteiger partial charge in [-0.1, -0.05) is 0 Å². The maximum Gasteiger partial charge on any atom is 0.220 e. The molecule has 4 nitrogen and oxygen atoms in total. The second-order valence-electron chi connectivity index (χ2n) is 5.16. The van der Waals surface area contributed by atoms with Gasteiger partial charge in [0, 0.05) is 38.9 Å². The van der Waals surface area contributed by atoms with Gasteiger partial charge in [0.2, 0.25) is 5.91 Å². The maximum absolute atomic E-state index is 11.6. The number of hydrogen-bond acceptors (Lipinski definition) is 3. The molecule has 4 heteroatoms. The van der Waals surface area contributed by atoms with Crippen LogP contribution in [-0.2, 0) is 4.79 Å². The lowest BCUT2D eigenvalue weighted by molar-refractivity contribution is -0.129. The molecule has 18 heavy (non-hydrogen) atoms. The number of pyridine rings is 1. The second-order valence-corrected chi connectivity index (χ2v) is 5.16. The first-order valence-corrected chi connectivity index (χ1v) is 6.42. The van der Waals surface area contributed by atoms with Gasteiger partial charge in [-0.25, -0.2) is 0 Å². The van der Waals surface area contributed by atoms with Crippen LogP contribution in [0.25, 0.3) is 0 Å². The molecule has 2 rings (SSSR count). The minimum absolute atomic E-state index is 0.146. The van der Waals surface area contributed by atoms with E-state index in [1.54, 1.807) is 6.92 Å². The van der Waals surface area contributed by atoms with Gasteiger partial charge < -0.3 is 9.80 Å². The summed E-state index contributed by atoms with van der Waals surface area (Å²) in [7, 11) is 4.05. The van der Waals surface area contributed by atoms with Crippen LogP contribution in [-0.4, -0.2) is 36.4 Å². The molecule has 1 saturated heterocycles. The normalized spacial score (nSPS) is 19.1. The van der Waals surface area contributed by atoms with Gasteiger partial charge in [-0.15, -0.1) is 0 Å². The molecule has 0 N–H and O–H groups in total. The summed E-state index contributed by atoms with van der Waals surface area (Å²) in [5.41, 5.74) is 3.17. The summed E-state index contributed by atoms with van der Waals surface area (Å²) in [5, 5.41) is 0. The molecule has 0 aliphatic carbocycles. The molecule has 1 aromatic rings. The van der Waals surface area contributed by atoms with E-state index in [1.807, 2.05) is 25.9 Å². The number of nitrogens with zero attached hydrogens (tertiary/aromatic N) is 3. The third-order valence-electron chi connectivity index (χ3n) is 3.47. The van der Waals surface area contributed by atoms with Crippen molar-refractivity contribution < 1.29 is 4.79 Å². The number of amides is 1. The van der Waals surface area contributed by atoms with E-state index in [-0.39, 0.29) is 11.9 Å². The molecule has 1 aliphatic rings. The van der Waals surface area contributed by atoms with Crippen molar-refractivity contribution in [3.63, 3.8) is 0 Å². The molecule has 1 aliphatic heterocycles. The van der Waals surface area contributed by atoms with Crippen LogP contribution in [0.1, 0.15) is 37.2 Å². The predicted octanol–water partition coefficient (Wildman–Crippen LogP) is 2.14. The summed E-state index contributed by atoms with van der Waals surface area (Å²) >= 11 is 0. The molecule has 2 heterocycles. The molecule has 0 bridgehead atoms. The number of aromatic nitrogens is 1. The van der Waals surface area contributed by atoms with Crippen LogP contribution >= 0.6 is 0 Å². The van der Waals surface area contributed by atoms with Crippen molar-refractivity contribution >= 4 is 11.6 Å². The predicted molar refractivity (Wildman–Crippen MR) is 72.7 cm³/mol. The number of hydrogen-bond donors (Lipinski definition) is 0. The third-order valence-corrected chi connectivity index (χ3v) is 3.47. The van der Waals surface area contributed by atoms with Crippen molar-refractivity contribution in [2.45, 2.75) is 32.7 Å². The van der Waals surface area contributed by atoms with Crippen molar-refractivity contribution in [1.29, 1.82) is 0 Å². The molecule has 1 aromatic heterocycles. The fraction of sp³-hybridized carbons (Fsp3) is 0.571. The van der Waals surface area contributed by atoms with Crippen molar-refractivity contribution in [3.05, 3.63) is 23.5 Å². The molecule has 98 valence electrons. The fourth-order valence-electron chi connectivity index (χ4n) is 2.56. The van der Waals surface area contributed by atoms with Crippen LogP contribution in [0.2, 0.25) is 0 Å². The van der Waals surface area contributed by atoms with E-state index in [4.69, 9.17) is 0 Å². The Bertz CT molecular complexity index is 456. The highest BCUT2D eigenvalue weighted by Gasteiger charge is 2.29. The molecule has 0 unspecified atom stereocenters. The molecule has 1 amide bonds. The minimum Gasteiger partial charge on any atom is -0.378 e. The van der Waals surface area contributed by atoms with E-state index in [2.05, 4.69) is 22.0 Å². The van der Waals surface area contributed by atoms with Crippen LogP contribution in [0.3, 0.4) is 0 Å². The summed E-state index contributed by atoms with van der Waals surface area (Å²) in [6.07, 6.45) is 2.08. The van der Waals surface area contributed by atoms with Crippen molar-refractivity contribution in [1.82, 2.24) is 9.88 Å². The van der Waals surface area contributed by atoms with Crippen molar-refractivity contribution in [2.24, 2.45) is 0 Å². The zero-order chi connectivity index (χ0) is 13.3. The van der Waals surface area contributed by atoms with Gasteiger partial charge >= 0.3 is 0 Å². The molecule has 0 radical (unpaired) electrons. The molecule has 0 aromatic carbocycles. The van der Waals surface area contributed by atoms with E-state index in [0.29, 0.717) is 0 Å². The van der Waals surface area contributed by atoms with E-state index in [0.717, 1.165) is 36.5 Å². The van der Waals surface area contributed by atoms with Gasteiger partial charge in [-0.2, -0.15) is 0 Å². The summed E-state index contributed by atoms with van der Waals surface area (Å²) in [5.74, 6) is 0.146. The largest absolute Gasteiger partial charge is 0.378 e. The number of aryl methyl sites for hydroxylation is 1. The highest BCUT2D eigenvalue weighted by atomic mass is 16.2. The van der Waals surface area contributed by atoms with Crippen molar-refractivity contribution in [3.8, 4) is 0 Å². The zero-order valence-electron chi connectivity index (χ0n) is 11.6. The Morgan fingerprint density at radius 3 is 2.78 bits per heavy atom. The Balaban J connectivity index is 2.35. The van der Waals surface area contributed by atoms with E-state index in [1.165, 1.54) is 0 Å². The zero-order valence-corrected chi connectivity index (χ0v) is 11.6. The standard InChI is InChI=1S/C14H21N3O/c1-10-8-12(16(3)4)9-13(15-10)14-6-5-7-17(14)11(2)18/h8-9,14H,5-7H2,1-4H3/t14-/m0/s1. The Morgan fingerprint density at radius 2 is 2.17 bits per heavy atom. The smallest absolute Gasteiger partial charge is 0.220 e. The van der Waals surface area contributed by atoms with Crippen LogP contribution in [0, 0.1) is 6.92 Å². The first kappa shape index (κ1) is 12.9. The SMILES string of the molecule is CC(=O)N1CCC[C@H]1c1cc(N(C)C)cc(C)n1. The van der Waals surface area contributed by atoms with Crippen LogP contribution in [0.15, 0.2) is 12.1 Å². The average molecular weight is 247 g/mol.